The van der Waals surface area contributed by atoms with Crippen LogP contribution >= 0.6 is 0 Å². The number of benzene rings is 1. The molecule has 0 radical (unpaired) electrons. The molecule has 1 heterocycles. The summed E-state index contributed by atoms with van der Waals surface area (Å²) in [6, 6.07) is 8.46. The third-order valence-electron chi connectivity index (χ3n) is 3.00. The zero-order valence-corrected chi connectivity index (χ0v) is 9.33. The van der Waals surface area contributed by atoms with E-state index in [4.69, 9.17) is 4.74 Å². The highest BCUT2D eigenvalue weighted by Crippen LogP contribution is 2.32. The fourth-order valence-corrected chi connectivity index (χ4v) is 2.24. The van der Waals surface area contributed by atoms with Gasteiger partial charge >= 0.3 is 0 Å². The molecule has 0 spiro atoms. The minimum Gasteiger partial charge on any atom is -0.494 e. The van der Waals surface area contributed by atoms with Crippen LogP contribution in [-0.4, -0.2) is 19.7 Å². The first-order chi connectivity index (χ1) is 7.42. The Labute approximate surface area is 91.6 Å². The van der Waals surface area contributed by atoms with Crippen molar-refractivity contribution >= 4 is 0 Å². The molecule has 1 fully saturated rings. The van der Waals surface area contributed by atoms with Gasteiger partial charge in [0.2, 0.25) is 0 Å². The molecule has 0 aliphatic carbocycles. The molecule has 1 aromatic carbocycles. The van der Waals surface area contributed by atoms with Crippen molar-refractivity contribution in [3.8, 4) is 5.75 Å². The standard InChI is InChI=1S/C13H19NO/c1-2-15-13-6-4-3-5-12(13)11-7-9-14-10-8-11/h3-6,11,14H,2,7-10H2,1H3. The van der Waals surface area contributed by atoms with Gasteiger partial charge in [-0.05, 0) is 50.4 Å². The van der Waals surface area contributed by atoms with E-state index in [1.807, 2.05) is 6.92 Å². The van der Waals surface area contributed by atoms with Crippen LogP contribution in [0.2, 0.25) is 0 Å². The molecule has 0 bridgehead atoms. The van der Waals surface area contributed by atoms with Crippen LogP contribution in [0.4, 0.5) is 0 Å². The van der Waals surface area contributed by atoms with Gasteiger partial charge in [0, 0.05) is 0 Å². The Morgan fingerprint density at radius 1 is 1.27 bits per heavy atom. The van der Waals surface area contributed by atoms with Crippen LogP contribution < -0.4 is 10.1 Å². The van der Waals surface area contributed by atoms with Crippen molar-refractivity contribution < 1.29 is 4.74 Å². The summed E-state index contributed by atoms with van der Waals surface area (Å²) in [4.78, 5) is 0. The van der Waals surface area contributed by atoms with Crippen LogP contribution in [0, 0.1) is 0 Å². The zero-order chi connectivity index (χ0) is 10.5. The summed E-state index contributed by atoms with van der Waals surface area (Å²) in [5.74, 6) is 1.75. The van der Waals surface area contributed by atoms with Crippen molar-refractivity contribution in [3.63, 3.8) is 0 Å². The number of para-hydroxylation sites is 1. The van der Waals surface area contributed by atoms with Crippen LogP contribution in [0.1, 0.15) is 31.2 Å². The average molecular weight is 205 g/mol. The highest BCUT2D eigenvalue weighted by Gasteiger charge is 2.18. The second kappa shape index (κ2) is 5.17. The van der Waals surface area contributed by atoms with E-state index in [9.17, 15) is 0 Å². The molecule has 0 amide bonds. The Bertz CT molecular complexity index is 305. The molecule has 2 rings (SSSR count). The second-order valence-corrected chi connectivity index (χ2v) is 4.00. The van der Waals surface area contributed by atoms with Crippen LogP contribution in [0.3, 0.4) is 0 Å². The van der Waals surface area contributed by atoms with Crippen molar-refractivity contribution in [2.45, 2.75) is 25.7 Å². The van der Waals surface area contributed by atoms with E-state index >= 15 is 0 Å². The molecule has 1 aliphatic heterocycles. The summed E-state index contributed by atoms with van der Waals surface area (Å²) in [6.07, 6.45) is 2.45. The molecule has 1 aliphatic rings. The highest BCUT2D eigenvalue weighted by atomic mass is 16.5. The quantitative estimate of drug-likeness (QED) is 0.818. The summed E-state index contributed by atoms with van der Waals surface area (Å²) >= 11 is 0. The van der Waals surface area contributed by atoms with Crippen LogP contribution in [0.15, 0.2) is 24.3 Å². The molecule has 2 nitrogen and oxygen atoms in total. The average Bonchev–Trinajstić information content (AvgIpc) is 2.31. The molecule has 2 heteroatoms. The van der Waals surface area contributed by atoms with Crippen LogP contribution in [0.25, 0.3) is 0 Å². The summed E-state index contributed by atoms with van der Waals surface area (Å²) in [5, 5.41) is 3.40. The number of nitrogens with one attached hydrogen (secondary N) is 1. The van der Waals surface area contributed by atoms with Gasteiger partial charge in [-0.15, -0.1) is 0 Å². The normalized spacial score (nSPS) is 17.7. The maximum Gasteiger partial charge on any atom is 0.122 e. The number of piperidine rings is 1. The third-order valence-corrected chi connectivity index (χ3v) is 3.00. The van der Waals surface area contributed by atoms with Gasteiger partial charge in [0.25, 0.3) is 0 Å². The fourth-order valence-electron chi connectivity index (χ4n) is 2.24. The SMILES string of the molecule is CCOc1ccccc1C1CCNCC1. The molecular formula is C13H19NO. The van der Waals surface area contributed by atoms with E-state index in [1.165, 1.54) is 18.4 Å². The predicted octanol–water partition coefficient (Wildman–Crippen LogP) is 2.55. The summed E-state index contributed by atoms with van der Waals surface area (Å²) in [5.41, 5.74) is 1.39. The van der Waals surface area contributed by atoms with Crippen molar-refractivity contribution in [1.29, 1.82) is 0 Å². The molecule has 1 aromatic rings. The summed E-state index contributed by atoms with van der Waals surface area (Å²) in [7, 11) is 0. The summed E-state index contributed by atoms with van der Waals surface area (Å²) < 4.78 is 5.67. The zero-order valence-electron chi connectivity index (χ0n) is 9.33. The minimum atomic E-state index is 0.675. The fraction of sp³-hybridized carbons (Fsp3) is 0.538. The largest absolute Gasteiger partial charge is 0.494 e. The van der Waals surface area contributed by atoms with Gasteiger partial charge in [0.15, 0.2) is 0 Å². The van der Waals surface area contributed by atoms with Gasteiger partial charge in [-0.2, -0.15) is 0 Å². The molecule has 0 unspecified atom stereocenters. The van der Waals surface area contributed by atoms with Gasteiger partial charge in [0.1, 0.15) is 5.75 Å². The smallest absolute Gasteiger partial charge is 0.122 e. The van der Waals surface area contributed by atoms with Crippen LogP contribution in [-0.2, 0) is 0 Å². The van der Waals surface area contributed by atoms with Crippen molar-refractivity contribution in [2.75, 3.05) is 19.7 Å². The Hall–Kier alpha value is -1.02. The van der Waals surface area contributed by atoms with E-state index in [-0.39, 0.29) is 0 Å². The van der Waals surface area contributed by atoms with E-state index in [0.717, 1.165) is 25.4 Å². The monoisotopic (exact) mass is 205 g/mol. The molecule has 1 saturated heterocycles. The number of ether oxygens (including phenoxy) is 1. The van der Waals surface area contributed by atoms with Crippen LogP contribution in [0.5, 0.6) is 5.75 Å². The predicted molar refractivity (Wildman–Crippen MR) is 62.5 cm³/mol. The second-order valence-electron chi connectivity index (χ2n) is 4.00. The topological polar surface area (TPSA) is 21.3 Å². The van der Waals surface area contributed by atoms with Gasteiger partial charge in [-0.1, -0.05) is 18.2 Å². The number of rotatable bonds is 3. The van der Waals surface area contributed by atoms with Gasteiger partial charge in [-0.3, -0.25) is 0 Å². The molecule has 82 valence electrons. The Balaban J connectivity index is 2.17. The van der Waals surface area contributed by atoms with Gasteiger partial charge < -0.3 is 10.1 Å². The Morgan fingerprint density at radius 2 is 2.00 bits per heavy atom. The van der Waals surface area contributed by atoms with Crippen molar-refractivity contribution in [3.05, 3.63) is 29.8 Å². The van der Waals surface area contributed by atoms with E-state index in [1.54, 1.807) is 0 Å². The summed E-state index contributed by atoms with van der Waals surface area (Å²) in [6.45, 7) is 5.05. The lowest BCUT2D eigenvalue weighted by Crippen LogP contribution is -2.26. The highest BCUT2D eigenvalue weighted by molar-refractivity contribution is 5.36. The Kier molecular flexibility index (Phi) is 3.62. The first-order valence-electron chi connectivity index (χ1n) is 5.84. The molecule has 0 aromatic heterocycles. The van der Waals surface area contributed by atoms with Gasteiger partial charge in [0.05, 0.1) is 6.61 Å². The maximum atomic E-state index is 5.67. The third kappa shape index (κ3) is 2.51. The van der Waals surface area contributed by atoms with Crippen molar-refractivity contribution in [2.24, 2.45) is 0 Å². The van der Waals surface area contributed by atoms with Gasteiger partial charge in [-0.25, -0.2) is 0 Å². The molecule has 1 N–H and O–H groups in total. The van der Waals surface area contributed by atoms with E-state index in [0.29, 0.717) is 5.92 Å². The molecular weight excluding hydrogens is 186 g/mol. The first kappa shape index (κ1) is 10.5. The first-order valence-corrected chi connectivity index (χ1v) is 5.84. The van der Waals surface area contributed by atoms with Crippen molar-refractivity contribution in [1.82, 2.24) is 5.32 Å². The van der Waals surface area contributed by atoms with E-state index in [2.05, 4.69) is 29.6 Å². The molecule has 0 saturated carbocycles. The number of hydrogen-bond acceptors (Lipinski definition) is 2. The number of hydrogen-bond donors (Lipinski definition) is 1. The van der Waals surface area contributed by atoms with E-state index < -0.39 is 0 Å². The molecule has 15 heavy (non-hydrogen) atoms. The minimum absolute atomic E-state index is 0.675. The Morgan fingerprint density at radius 3 is 2.73 bits per heavy atom. The lowest BCUT2D eigenvalue weighted by atomic mass is 9.90. The lowest BCUT2D eigenvalue weighted by Gasteiger charge is -2.24. The lowest BCUT2D eigenvalue weighted by molar-refractivity contribution is 0.329. The molecule has 0 atom stereocenters. The maximum absolute atomic E-state index is 5.67.